The molecule has 3 aromatic carbocycles. The molecule has 0 bridgehead atoms. The van der Waals surface area contributed by atoms with Crippen molar-refractivity contribution in [2.75, 3.05) is 0 Å². The molecule has 0 unspecified atom stereocenters. The summed E-state index contributed by atoms with van der Waals surface area (Å²) in [6.07, 6.45) is 0. The Kier molecular flexibility index (Phi) is 4.02. The molecule has 29 heavy (non-hydrogen) atoms. The number of hydrogen-bond acceptors (Lipinski definition) is 3. The molecule has 5 rings (SSSR count). The molecule has 2 heterocycles. The molecular weight excluding hydrogens is 360 g/mol. The summed E-state index contributed by atoms with van der Waals surface area (Å²) in [5.41, 5.74) is 5.12. The van der Waals surface area contributed by atoms with Crippen LogP contribution < -0.4 is 5.56 Å². The van der Waals surface area contributed by atoms with Crippen molar-refractivity contribution in [3.8, 4) is 11.4 Å². The van der Waals surface area contributed by atoms with Gasteiger partial charge in [-0.1, -0.05) is 65.7 Å². The van der Waals surface area contributed by atoms with Gasteiger partial charge in [0, 0.05) is 5.56 Å². The molecule has 0 aliphatic carbocycles. The van der Waals surface area contributed by atoms with Gasteiger partial charge in [0.05, 0.1) is 17.4 Å². The summed E-state index contributed by atoms with van der Waals surface area (Å²) in [4.78, 5) is 13.3. The lowest BCUT2D eigenvalue weighted by molar-refractivity contribution is 0.766. The quantitative estimate of drug-likeness (QED) is 0.467. The van der Waals surface area contributed by atoms with E-state index in [4.69, 9.17) is 0 Å². The molecule has 0 aliphatic heterocycles. The van der Waals surface area contributed by atoms with E-state index in [1.807, 2.05) is 52.9 Å². The summed E-state index contributed by atoms with van der Waals surface area (Å²) in [7, 11) is 0. The van der Waals surface area contributed by atoms with E-state index in [1.165, 1.54) is 5.56 Å². The van der Waals surface area contributed by atoms with E-state index in [2.05, 4.69) is 48.3 Å². The van der Waals surface area contributed by atoms with E-state index in [0.29, 0.717) is 17.7 Å². The third-order valence-electron chi connectivity index (χ3n) is 5.25. The van der Waals surface area contributed by atoms with Gasteiger partial charge in [0.25, 0.3) is 5.56 Å². The van der Waals surface area contributed by atoms with Gasteiger partial charge in [-0.2, -0.15) is 0 Å². The van der Waals surface area contributed by atoms with Crippen molar-refractivity contribution in [2.45, 2.75) is 20.4 Å². The van der Waals surface area contributed by atoms with Crippen molar-refractivity contribution >= 4 is 16.7 Å². The summed E-state index contributed by atoms with van der Waals surface area (Å²) in [5, 5.41) is 9.55. The van der Waals surface area contributed by atoms with Crippen molar-refractivity contribution < 1.29 is 0 Å². The largest absolute Gasteiger partial charge is 0.272 e. The predicted molar refractivity (Wildman–Crippen MR) is 115 cm³/mol. The average molecular weight is 380 g/mol. The van der Waals surface area contributed by atoms with Gasteiger partial charge in [0.15, 0.2) is 5.82 Å². The molecule has 0 saturated heterocycles. The first kappa shape index (κ1) is 17.4. The topological polar surface area (TPSA) is 52.2 Å². The van der Waals surface area contributed by atoms with Gasteiger partial charge in [-0.3, -0.25) is 13.8 Å². The lowest BCUT2D eigenvalue weighted by Gasteiger charge is -2.12. The van der Waals surface area contributed by atoms with E-state index < -0.39 is 0 Å². The van der Waals surface area contributed by atoms with Crippen LogP contribution in [0.5, 0.6) is 0 Å². The Morgan fingerprint density at radius 3 is 2.41 bits per heavy atom. The second-order valence-corrected chi connectivity index (χ2v) is 7.42. The zero-order valence-corrected chi connectivity index (χ0v) is 16.3. The molecule has 2 aromatic heterocycles. The van der Waals surface area contributed by atoms with Gasteiger partial charge in [-0.05, 0) is 37.6 Å². The maximum absolute atomic E-state index is 13.3. The summed E-state index contributed by atoms with van der Waals surface area (Å²) in [6, 6.07) is 24.0. The molecule has 0 atom stereocenters. The molecule has 5 aromatic rings. The lowest BCUT2D eigenvalue weighted by atomic mass is 10.1. The van der Waals surface area contributed by atoms with Crippen LogP contribution in [0, 0.1) is 13.8 Å². The molecule has 0 N–H and O–H groups in total. The third-order valence-corrected chi connectivity index (χ3v) is 5.25. The average Bonchev–Trinajstić information content (AvgIpc) is 3.18. The normalized spacial score (nSPS) is 11.4. The van der Waals surface area contributed by atoms with E-state index >= 15 is 0 Å². The van der Waals surface area contributed by atoms with Crippen LogP contribution in [0.15, 0.2) is 77.6 Å². The number of aryl methyl sites for hydroxylation is 2. The summed E-state index contributed by atoms with van der Waals surface area (Å²) in [6.45, 7) is 4.55. The Morgan fingerprint density at radius 1 is 0.828 bits per heavy atom. The number of rotatable bonds is 3. The Labute approximate surface area is 167 Å². The highest BCUT2D eigenvalue weighted by Gasteiger charge is 2.17. The highest BCUT2D eigenvalue weighted by atomic mass is 16.1. The molecule has 0 spiro atoms. The fraction of sp³-hybridized carbons (Fsp3) is 0.125. The summed E-state index contributed by atoms with van der Waals surface area (Å²) >= 11 is 0. The minimum atomic E-state index is -0.0585. The van der Waals surface area contributed by atoms with Gasteiger partial charge >= 0.3 is 0 Å². The summed E-state index contributed by atoms with van der Waals surface area (Å²) in [5.74, 6) is 1.28. The number of aromatic nitrogens is 4. The minimum Gasteiger partial charge on any atom is -0.272 e. The van der Waals surface area contributed by atoms with Crippen molar-refractivity contribution in [1.29, 1.82) is 0 Å². The standard InChI is InChI=1S/C24H20N4O/c1-16-10-12-18(13-11-16)15-27-23(29)20-8-3-4-9-21(20)28-22(25-26-24(27)28)19-7-5-6-17(2)14-19/h3-14H,15H2,1-2H3. The first-order valence-electron chi connectivity index (χ1n) is 9.61. The van der Waals surface area contributed by atoms with Crippen LogP contribution in [0.4, 0.5) is 0 Å². The second-order valence-electron chi connectivity index (χ2n) is 7.42. The zero-order valence-electron chi connectivity index (χ0n) is 16.3. The maximum atomic E-state index is 13.3. The summed E-state index contributed by atoms with van der Waals surface area (Å²) < 4.78 is 3.69. The molecule has 5 heteroatoms. The molecule has 0 radical (unpaired) electrons. The molecule has 0 saturated carbocycles. The Morgan fingerprint density at radius 2 is 1.62 bits per heavy atom. The maximum Gasteiger partial charge on any atom is 0.263 e. The van der Waals surface area contributed by atoms with E-state index in [9.17, 15) is 4.79 Å². The number of para-hydroxylation sites is 1. The molecule has 0 fully saturated rings. The Hall–Kier alpha value is -3.73. The SMILES string of the molecule is Cc1ccc(Cn2c(=O)c3ccccc3n3c(-c4cccc(C)c4)nnc23)cc1. The van der Waals surface area contributed by atoms with Gasteiger partial charge in [-0.15, -0.1) is 10.2 Å². The zero-order chi connectivity index (χ0) is 20.0. The van der Waals surface area contributed by atoms with Gasteiger partial charge in [0.1, 0.15) is 0 Å². The highest BCUT2D eigenvalue weighted by Crippen LogP contribution is 2.23. The van der Waals surface area contributed by atoms with Crippen LogP contribution in [-0.2, 0) is 6.54 Å². The van der Waals surface area contributed by atoms with Crippen molar-refractivity contribution in [1.82, 2.24) is 19.2 Å². The Bertz CT molecular complexity index is 1410. The smallest absolute Gasteiger partial charge is 0.263 e. The molecule has 5 nitrogen and oxygen atoms in total. The number of hydrogen-bond donors (Lipinski definition) is 0. The number of nitrogens with zero attached hydrogens (tertiary/aromatic N) is 4. The molecule has 142 valence electrons. The number of fused-ring (bicyclic) bond motifs is 3. The first-order chi connectivity index (χ1) is 14.1. The highest BCUT2D eigenvalue weighted by molar-refractivity contribution is 5.82. The van der Waals surface area contributed by atoms with Crippen LogP contribution in [0.25, 0.3) is 28.1 Å². The van der Waals surface area contributed by atoms with Crippen LogP contribution in [-0.4, -0.2) is 19.2 Å². The fourth-order valence-electron chi connectivity index (χ4n) is 3.75. The second kappa shape index (κ2) is 6.71. The van der Waals surface area contributed by atoms with E-state index in [0.717, 1.165) is 28.0 Å². The van der Waals surface area contributed by atoms with Crippen LogP contribution in [0.2, 0.25) is 0 Å². The predicted octanol–water partition coefficient (Wildman–Crippen LogP) is 4.38. The Balaban J connectivity index is 1.82. The molecule has 0 aliphatic rings. The van der Waals surface area contributed by atoms with Crippen LogP contribution in [0.1, 0.15) is 16.7 Å². The van der Waals surface area contributed by atoms with Gasteiger partial charge in [-0.25, -0.2) is 0 Å². The monoisotopic (exact) mass is 380 g/mol. The third kappa shape index (κ3) is 2.91. The molecular formula is C24H20N4O. The van der Waals surface area contributed by atoms with Crippen molar-refractivity contribution in [3.05, 3.63) is 99.8 Å². The fourth-order valence-corrected chi connectivity index (χ4v) is 3.75. The van der Waals surface area contributed by atoms with Crippen molar-refractivity contribution in [3.63, 3.8) is 0 Å². The van der Waals surface area contributed by atoms with Crippen molar-refractivity contribution in [2.24, 2.45) is 0 Å². The van der Waals surface area contributed by atoms with E-state index in [-0.39, 0.29) is 5.56 Å². The van der Waals surface area contributed by atoms with Crippen LogP contribution >= 0.6 is 0 Å². The van der Waals surface area contributed by atoms with Crippen LogP contribution in [0.3, 0.4) is 0 Å². The van der Waals surface area contributed by atoms with Gasteiger partial charge in [0.2, 0.25) is 5.78 Å². The molecule has 0 amide bonds. The first-order valence-corrected chi connectivity index (χ1v) is 9.61. The van der Waals surface area contributed by atoms with E-state index in [1.54, 1.807) is 4.57 Å². The lowest BCUT2D eigenvalue weighted by Crippen LogP contribution is -2.24. The minimum absolute atomic E-state index is 0.0585. The van der Waals surface area contributed by atoms with Gasteiger partial charge < -0.3 is 0 Å². The number of benzene rings is 3.